The maximum Gasteiger partial charge on any atom is 0.0600 e. The van der Waals surface area contributed by atoms with Gasteiger partial charge in [0.15, 0.2) is 0 Å². The molecule has 0 aliphatic carbocycles. The third-order valence-electron chi connectivity index (χ3n) is 3.74. The van der Waals surface area contributed by atoms with Gasteiger partial charge in [0.1, 0.15) is 0 Å². The lowest BCUT2D eigenvalue weighted by Crippen LogP contribution is -2.46. The van der Waals surface area contributed by atoms with Crippen molar-refractivity contribution in [2.75, 3.05) is 13.2 Å². The molecule has 3 heteroatoms. The number of fused-ring (bicyclic) bond motifs is 2. The number of rotatable bonds is 3. The molecule has 0 radical (unpaired) electrons. The van der Waals surface area contributed by atoms with Gasteiger partial charge in [-0.2, -0.15) is 0 Å². The highest BCUT2D eigenvalue weighted by atomic mass is 16.5. The van der Waals surface area contributed by atoms with Crippen LogP contribution in [0.3, 0.4) is 0 Å². The molecular weight excluding hydrogens is 202 g/mol. The average Bonchev–Trinajstić information content (AvgIpc) is 2.41. The van der Waals surface area contributed by atoms with Crippen molar-refractivity contribution in [2.24, 2.45) is 0 Å². The molecule has 2 saturated heterocycles. The molecule has 0 amide bonds. The van der Waals surface area contributed by atoms with Gasteiger partial charge in [0.2, 0.25) is 0 Å². The van der Waals surface area contributed by atoms with Gasteiger partial charge in [0.05, 0.1) is 18.3 Å². The first-order chi connectivity index (χ1) is 7.46. The third kappa shape index (κ3) is 2.96. The van der Waals surface area contributed by atoms with Crippen LogP contribution >= 0.6 is 0 Å². The van der Waals surface area contributed by atoms with E-state index < -0.39 is 0 Å². The minimum Gasteiger partial charge on any atom is -0.393 e. The molecule has 0 aromatic carbocycles. The molecule has 2 aliphatic heterocycles. The van der Waals surface area contributed by atoms with Crippen LogP contribution in [-0.2, 0) is 4.74 Å². The molecule has 3 nitrogen and oxygen atoms in total. The second-order valence-electron chi connectivity index (χ2n) is 6.21. The van der Waals surface area contributed by atoms with Crippen LogP contribution in [0.25, 0.3) is 0 Å². The van der Waals surface area contributed by atoms with E-state index in [4.69, 9.17) is 4.74 Å². The summed E-state index contributed by atoms with van der Waals surface area (Å²) in [7, 11) is 0. The minimum atomic E-state index is -0.0581. The zero-order chi connectivity index (χ0) is 11.8. The van der Waals surface area contributed by atoms with E-state index in [-0.39, 0.29) is 11.7 Å². The summed E-state index contributed by atoms with van der Waals surface area (Å²) in [4.78, 5) is 2.55. The van der Waals surface area contributed by atoms with Crippen molar-refractivity contribution in [3.8, 4) is 0 Å². The first-order valence-electron chi connectivity index (χ1n) is 6.53. The molecule has 0 aromatic heterocycles. The summed E-state index contributed by atoms with van der Waals surface area (Å²) in [5.74, 6) is 0. The van der Waals surface area contributed by atoms with E-state index in [1.165, 1.54) is 12.8 Å². The first kappa shape index (κ1) is 12.3. The molecule has 2 rings (SSSR count). The fraction of sp³-hybridized carbons (Fsp3) is 1.00. The number of ether oxygens (including phenoxy) is 1. The zero-order valence-electron chi connectivity index (χ0n) is 10.8. The third-order valence-corrected chi connectivity index (χ3v) is 3.74. The molecule has 2 fully saturated rings. The van der Waals surface area contributed by atoms with Gasteiger partial charge in [0.25, 0.3) is 0 Å². The van der Waals surface area contributed by atoms with Crippen LogP contribution in [-0.4, -0.2) is 46.9 Å². The number of aliphatic hydroxyl groups excluding tert-OH is 1. The molecule has 2 heterocycles. The Morgan fingerprint density at radius 3 is 2.25 bits per heavy atom. The van der Waals surface area contributed by atoms with Crippen LogP contribution in [0.1, 0.15) is 46.5 Å². The average molecular weight is 227 g/mol. The predicted molar refractivity (Wildman–Crippen MR) is 64.5 cm³/mol. The van der Waals surface area contributed by atoms with Crippen molar-refractivity contribution in [2.45, 2.75) is 70.2 Å². The van der Waals surface area contributed by atoms with Gasteiger partial charge < -0.3 is 9.84 Å². The second-order valence-corrected chi connectivity index (χ2v) is 6.21. The highest BCUT2D eigenvalue weighted by Crippen LogP contribution is 2.35. The maximum absolute atomic E-state index is 9.70. The zero-order valence-corrected chi connectivity index (χ0v) is 10.8. The Balaban J connectivity index is 1.79. The van der Waals surface area contributed by atoms with Crippen LogP contribution in [0, 0.1) is 0 Å². The lowest BCUT2D eigenvalue weighted by atomic mass is 10.0. The molecule has 1 N–H and O–H groups in total. The van der Waals surface area contributed by atoms with Gasteiger partial charge in [0, 0.05) is 18.6 Å². The van der Waals surface area contributed by atoms with E-state index in [2.05, 4.69) is 25.7 Å². The van der Waals surface area contributed by atoms with Crippen molar-refractivity contribution >= 4 is 0 Å². The lowest BCUT2D eigenvalue weighted by Gasteiger charge is -2.37. The van der Waals surface area contributed by atoms with Crippen LogP contribution in [0.4, 0.5) is 0 Å². The Hall–Kier alpha value is -0.120. The summed E-state index contributed by atoms with van der Waals surface area (Å²) in [5, 5.41) is 9.70. The van der Waals surface area contributed by atoms with Crippen LogP contribution in [0.15, 0.2) is 0 Å². The van der Waals surface area contributed by atoms with Gasteiger partial charge in [-0.05, 0) is 46.5 Å². The normalized spacial score (nSPS) is 35.6. The molecule has 2 unspecified atom stereocenters. The summed E-state index contributed by atoms with van der Waals surface area (Å²) in [6.45, 7) is 8.14. The topological polar surface area (TPSA) is 32.7 Å². The molecular formula is C13H25NO2. The standard InChI is InChI=1S/C13H25NO2/c1-13(2,3)16-7-6-14-10-4-5-11(14)9-12(15)8-10/h10-12,15H,4-9H2,1-3H3. The van der Waals surface area contributed by atoms with Crippen LogP contribution in [0.2, 0.25) is 0 Å². The van der Waals surface area contributed by atoms with Crippen LogP contribution in [0.5, 0.6) is 0 Å². The molecule has 2 aliphatic rings. The second kappa shape index (κ2) is 4.63. The van der Waals surface area contributed by atoms with Gasteiger partial charge in [-0.1, -0.05) is 0 Å². The quantitative estimate of drug-likeness (QED) is 0.798. The van der Waals surface area contributed by atoms with E-state index in [1.807, 2.05) is 0 Å². The van der Waals surface area contributed by atoms with E-state index in [9.17, 15) is 5.11 Å². The Labute approximate surface area is 98.8 Å². The Morgan fingerprint density at radius 2 is 1.75 bits per heavy atom. The number of nitrogens with zero attached hydrogens (tertiary/aromatic N) is 1. The van der Waals surface area contributed by atoms with E-state index in [0.29, 0.717) is 12.1 Å². The summed E-state index contributed by atoms with van der Waals surface area (Å²) in [6.07, 6.45) is 4.39. The van der Waals surface area contributed by atoms with Crippen molar-refractivity contribution in [3.05, 3.63) is 0 Å². The molecule has 0 spiro atoms. The number of piperidine rings is 1. The highest BCUT2D eigenvalue weighted by Gasteiger charge is 2.39. The molecule has 0 saturated carbocycles. The summed E-state index contributed by atoms with van der Waals surface area (Å²) in [5.41, 5.74) is -0.0334. The molecule has 94 valence electrons. The molecule has 16 heavy (non-hydrogen) atoms. The summed E-state index contributed by atoms with van der Waals surface area (Å²) < 4.78 is 5.78. The SMILES string of the molecule is CC(C)(C)OCCN1C2CCC1CC(O)C2. The van der Waals surface area contributed by atoms with E-state index >= 15 is 0 Å². The highest BCUT2D eigenvalue weighted by molar-refractivity contribution is 4.94. The van der Waals surface area contributed by atoms with E-state index in [0.717, 1.165) is 26.0 Å². The number of hydrogen-bond donors (Lipinski definition) is 1. The monoisotopic (exact) mass is 227 g/mol. The van der Waals surface area contributed by atoms with Crippen molar-refractivity contribution < 1.29 is 9.84 Å². The Bertz CT molecular complexity index is 223. The Morgan fingerprint density at radius 1 is 1.19 bits per heavy atom. The predicted octanol–water partition coefficient (Wildman–Crippen LogP) is 1.79. The van der Waals surface area contributed by atoms with Gasteiger partial charge in [-0.15, -0.1) is 0 Å². The largest absolute Gasteiger partial charge is 0.393 e. The molecule has 2 bridgehead atoms. The van der Waals surface area contributed by atoms with Crippen molar-refractivity contribution in [1.29, 1.82) is 0 Å². The smallest absolute Gasteiger partial charge is 0.0600 e. The lowest BCUT2D eigenvalue weighted by molar-refractivity contribution is -0.0332. The molecule has 0 aromatic rings. The Kier molecular flexibility index (Phi) is 3.57. The van der Waals surface area contributed by atoms with Crippen molar-refractivity contribution in [3.63, 3.8) is 0 Å². The first-order valence-corrected chi connectivity index (χ1v) is 6.53. The summed E-state index contributed by atoms with van der Waals surface area (Å²) >= 11 is 0. The summed E-state index contributed by atoms with van der Waals surface area (Å²) in [6, 6.07) is 1.22. The van der Waals surface area contributed by atoms with Gasteiger partial charge >= 0.3 is 0 Å². The number of aliphatic hydroxyl groups is 1. The van der Waals surface area contributed by atoms with Gasteiger partial charge in [-0.25, -0.2) is 0 Å². The van der Waals surface area contributed by atoms with Gasteiger partial charge in [-0.3, -0.25) is 4.90 Å². The van der Waals surface area contributed by atoms with Crippen LogP contribution < -0.4 is 0 Å². The number of hydrogen-bond acceptors (Lipinski definition) is 3. The van der Waals surface area contributed by atoms with E-state index in [1.54, 1.807) is 0 Å². The fourth-order valence-electron chi connectivity index (χ4n) is 3.07. The molecule has 2 atom stereocenters. The fourth-order valence-corrected chi connectivity index (χ4v) is 3.07. The van der Waals surface area contributed by atoms with Crippen molar-refractivity contribution in [1.82, 2.24) is 4.90 Å². The maximum atomic E-state index is 9.70. The minimum absolute atomic E-state index is 0.0334.